The Morgan fingerprint density at radius 1 is 0.972 bits per heavy atom. The number of carbonyl (C=O) groups is 2. The van der Waals surface area contributed by atoms with Gasteiger partial charge in [0.2, 0.25) is 11.8 Å². The molecule has 36 heavy (non-hydrogen) atoms. The van der Waals surface area contributed by atoms with Gasteiger partial charge >= 0.3 is 0 Å². The van der Waals surface area contributed by atoms with Gasteiger partial charge in [-0.2, -0.15) is 0 Å². The van der Waals surface area contributed by atoms with Crippen LogP contribution in [0.5, 0.6) is 5.75 Å². The quantitative estimate of drug-likeness (QED) is 0.327. The van der Waals surface area contributed by atoms with E-state index in [-0.39, 0.29) is 24.9 Å². The van der Waals surface area contributed by atoms with Gasteiger partial charge in [-0.3, -0.25) is 9.59 Å². The van der Waals surface area contributed by atoms with Crippen molar-refractivity contribution >= 4 is 22.8 Å². The van der Waals surface area contributed by atoms with Crippen molar-refractivity contribution in [2.45, 2.75) is 19.1 Å². The number of amides is 2. The molecular formula is C27H29N5O4. The van der Waals surface area contributed by atoms with Crippen molar-refractivity contribution in [1.82, 2.24) is 25.2 Å². The van der Waals surface area contributed by atoms with Crippen LogP contribution in [-0.2, 0) is 27.4 Å². The molecule has 4 rings (SSSR count). The van der Waals surface area contributed by atoms with E-state index in [1.54, 1.807) is 48.1 Å². The third-order valence-corrected chi connectivity index (χ3v) is 5.82. The minimum absolute atomic E-state index is 0.0641. The maximum absolute atomic E-state index is 13.8. The number of hydrogen-bond acceptors (Lipinski definition) is 6. The van der Waals surface area contributed by atoms with E-state index in [1.807, 2.05) is 54.6 Å². The van der Waals surface area contributed by atoms with Crippen LogP contribution in [0.1, 0.15) is 17.2 Å². The lowest BCUT2D eigenvalue weighted by atomic mass is 10.0. The molecule has 0 aliphatic carbocycles. The molecule has 3 aromatic carbocycles. The predicted octanol–water partition coefficient (Wildman–Crippen LogP) is 2.97. The number of nitrogens with zero attached hydrogens (tertiary/aromatic N) is 4. The van der Waals surface area contributed by atoms with E-state index in [2.05, 4.69) is 15.6 Å². The summed E-state index contributed by atoms with van der Waals surface area (Å²) in [5, 5.41) is 11.2. The van der Waals surface area contributed by atoms with Crippen molar-refractivity contribution in [1.29, 1.82) is 0 Å². The zero-order chi connectivity index (χ0) is 25.3. The number of carbonyl (C=O) groups excluding carboxylic acids is 2. The number of hydrogen-bond donors (Lipinski definition) is 1. The van der Waals surface area contributed by atoms with Crippen LogP contribution in [0, 0.1) is 0 Å². The Bertz CT molecular complexity index is 1290. The smallest absolute Gasteiger partial charge is 0.247 e. The fourth-order valence-electron chi connectivity index (χ4n) is 3.99. The van der Waals surface area contributed by atoms with Crippen LogP contribution >= 0.6 is 0 Å². The molecule has 1 N–H and O–H groups in total. The number of ether oxygens (including phenoxy) is 2. The van der Waals surface area contributed by atoms with E-state index in [1.165, 1.54) is 0 Å². The van der Waals surface area contributed by atoms with E-state index >= 15 is 0 Å². The van der Waals surface area contributed by atoms with E-state index in [0.717, 1.165) is 11.1 Å². The molecule has 0 saturated carbocycles. The first kappa shape index (κ1) is 24.9. The van der Waals surface area contributed by atoms with Gasteiger partial charge in [0, 0.05) is 20.2 Å². The summed E-state index contributed by atoms with van der Waals surface area (Å²) < 4.78 is 11.9. The van der Waals surface area contributed by atoms with Gasteiger partial charge in [0.05, 0.1) is 19.2 Å². The van der Waals surface area contributed by atoms with Crippen molar-refractivity contribution in [3.8, 4) is 5.75 Å². The standard InChI is InChI=1S/C27H29N5O4/c1-35-17-16-28-27(34)26(21-12-14-22(36-2)15-13-21)31(18-20-8-4-3-5-9-20)25(33)19-32-24-11-7-6-10-23(24)29-30-32/h3-15,26H,16-19H2,1-2H3,(H,28,34)/t26-/m1/s1. The molecular weight excluding hydrogens is 458 g/mol. The molecule has 1 atom stereocenters. The lowest BCUT2D eigenvalue weighted by molar-refractivity contribution is -0.142. The highest BCUT2D eigenvalue weighted by molar-refractivity contribution is 5.89. The lowest BCUT2D eigenvalue weighted by Crippen LogP contribution is -2.45. The molecule has 9 nitrogen and oxygen atoms in total. The summed E-state index contributed by atoms with van der Waals surface area (Å²) in [5.74, 6) is 0.0921. The molecule has 0 bridgehead atoms. The van der Waals surface area contributed by atoms with Crippen molar-refractivity contribution in [3.63, 3.8) is 0 Å². The van der Waals surface area contributed by atoms with Gasteiger partial charge in [-0.25, -0.2) is 4.68 Å². The first-order valence-corrected chi connectivity index (χ1v) is 11.6. The molecule has 9 heteroatoms. The van der Waals surface area contributed by atoms with E-state index in [0.29, 0.717) is 30.0 Å². The first-order chi connectivity index (χ1) is 17.6. The summed E-state index contributed by atoms with van der Waals surface area (Å²) >= 11 is 0. The van der Waals surface area contributed by atoms with Gasteiger partial charge in [0.25, 0.3) is 0 Å². The molecule has 1 heterocycles. The molecule has 0 spiro atoms. The summed E-state index contributed by atoms with van der Waals surface area (Å²) in [4.78, 5) is 28.9. The van der Waals surface area contributed by atoms with Crippen LogP contribution in [0.3, 0.4) is 0 Å². The minimum Gasteiger partial charge on any atom is -0.497 e. The van der Waals surface area contributed by atoms with Crippen molar-refractivity contribution in [2.75, 3.05) is 27.4 Å². The Hall–Kier alpha value is -4.24. The van der Waals surface area contributed by atoms with Gasteiger partial charge in [-0.05, 0) is 35.4 Å². The number of benzene rings is 3. The van der Waals surface area contributed by atoms with Gasteiger partial charge < -0.3 is 19.7 Å². The second kappa shape index (κ2) is 11.9. The van der Waals surface area contributed by atoms with E-state index < -0.39 is 6.04 Å². The molecule has 4 aromatic rings. The highest BCUT2D eigenvalue weighted by Gasteiger charge is 2.32. The molecule has 186 valence electrons. The third-order valence-electron chi connectivity index (χ3n) is 5.82. The van der Waals surface area contributed by atoms with Gasteiger partial charge in [0.15, 0.2) is 0 Å². The zero-order valence-corrected chi connectivity index (χ0v) is 20.3. The maximum atomic E-state index is 13.8. The van der Waals surface area contributed by atoms with Crippen LogP contribution in [0.25, 0.3) is 11.0 Å². The Balaban J connectivity index is 1.71. The highest BCUT2D eigenvalue weighted by atomic mass is 16.5. The minimum atomic E-state index is -0.879. The number of nitrogens with one attached hydrogen (secondary N) is 1. The zero-order valence-electron chi connectivity index (χ0n) is 20.3. The molecule has 1 aromatic heterocycles. The molecule has 2 amide bonds. The second-order valence-electron chi connectivity index (χ2n) is 8.20. The summed E-state index contributed by atoms with van der Waals surface area (Å²) in [6.45, 7) is 0.855. The van der Waals surface area contributed by atoms with Gasteiger partial charge in [0.1, 0.15) is 23.9 Å². The topological polar surface area (TPSA) is 98.6 Å². The molecule has 0 aliphatic heterocycles. The Labute approximate surface area is 209 Å². The van der Waals surface area contributed by atoms with Crippen LogP contribution < -0.4 is 10.1 Å². The molecule has 0 radical (unpaired) electrons. The normalized spacial score (nSPS) is 11.7. The average Bonchev–Trinajstić information content (AvgIpc) is 3.32. The lowest BCUT2D eigenvalue weighted by Gasteiger charge is -2.31. The number of methoxy groups -OCH3 is 2. The fourth-order valence-corrected chi connectivity index (χ4v) is 3.99. The Morgan fingerprint density at radius 3 is 2.42 bits per heavy atom. The molecule has 0 saturated heterocycles. The Kier molecular flexibility index (Phi) is 8.25. The Morgan fingerprint density at radius 2 is 1.69 bits per heavy atom. The van der Waals surface area contributed by atoms with Gasteiger partial charge in [-0.1, -0.05) is 59.8 Å². The van der Waals surface area contributed by atoms with Crippen molar-refractivity contribution in [2.24, 2.45) is 0 Å². The van der Waals surface area contributed by atoms with Gasteiger partial charge in [-0.15, -0.1) is 5.10 Å². The van der Waals surface area contributed by atoms with Crippen molar-refractivity contribution in [3.05, 3.63) is 90.0 Å². The molecule has 0 aliphatic rings. The maximum Gasteiger partial charge on any atom is 0.247 e. The van der Waals surface area contributed by atoms with Crippen LogP contribution in [0.4, 0.5) is 0 Å². The number of para-hydroxylation sites is 1. The fraction of sp³-hybridized carbons (Fsp3) is 0.259. The van der Waals surface area contributed by atoms with E-state index in [9.17, 15) is 9.59 Å². The molecule has 0 unspecified atom stereocenters. The third kappa shape index (κ3) is 5.87. The monoisotopic (exact) mass is 487 g/mol. The SMILES string of the molecule is COCCNC(=O)[C@@H](c1ccc(OC)cc1)N(Cc1ccccc1)C(=O)Cn1nnc2ccccc21. The number of rotatable bonds is 11. The van der Waals surface area contributed by atoms with Crippen molar-refractivity contribution < 1.29 is 19.1 Å². The summed E-state index contributed by atoms with van der Waals surface area (Å²) in [5.41, 5.74) is 3.01. The summed E-state index contributed by atoms with van der Waals surface area (Å²) in [6, 6.07) is 23.3. The molecule has 0 fully saturated rings. The largest absolute Gasteiger partial charge is 0.497 e. The first-order valence-electron chi connectivity index (χ1n) is 11.6. The van der Waals surface area contributed by atoms with Crippen LogP contribution in [0.15, 0.2) is 78.9 Å². The van der Waals surface area contributed by atoms with E-state index in [4.69, 9.17) is 9.47 Å². The average molecular weight is 488 g/mol. The van der Waals surface area contributed by atoms with Crippen LogP contribution in [-0.4, -0.2) is 59.1 Å². The number of fused-ring (bicyclic) bond motifs is 1. The predicted molar refractivity (Wildman–Crippen MR) is 135 cm³/mol. The van der Waals surface area contributed by atoms with Crippen LogP contribution in [0.2, 0.25) is 0 Å². The second-order valence-corrected chi connectivity index (χ2v) is 8.20. The highest BCUT2D eigenvalue weighted by Crippen LogP contribution is 2.26. The number of aromatic nitrogens is 3. The summed E-state index contributed by atoms with van der Waals surface area (Å²) in [7, 11) is 3.15. The summed E-state index contributed by atoms with van der Waals surface area (Å²) in [6.07, 6.45) is 0.